The molecule has 1 unspecified atom stereocenters. The van der Waals surface area contributed by atoms with Crippen molar-refractivity contribution in [2.45, 2.75) is 19.4 Å². The van der Waals surface area contributed by atoms with Gasteiger partial charge in [-0.1, -0.05) is 40.2 Å². The Labute approximate surface area is 98.1 Å². The molecule has 0 spiro atoms. The minimum absolute atomic E-state index is 0.254. The average Bonchev–Trinajstić information content (AvgIpc) is 2.17. The Bertz CT molecular complexity index is 360. The molecule has 3 heteroatoms. The number of carbonyl (C=O) groups is 1. The molecule has 0 saturated carbocycles. The van der Waals surface area contributed by atoms with E-state index < -0.39 is 0 Å². The van der Waals surface area contributed by atoms with E-state index in [0.29, 0.717) is 6.42 Å². The van der Waals surface area contributed by atoms with Crippen LogP contribution in [0, 0.1) is 0 Å². The number of hydrogen-bond donors (Lipinski definition) is 0. The normalized spacial score (nSPS) is 11.9. The van der Waals surface area contributed by atoms with Gasteiger partial charge in [0.1, 0.15) is 6.10 Å². The minimum atomic E-state index is -0.280. The summed E-state index contributed by atoms with van der Waals surface area (Å²) in [5.41, 5.74) is 0.965. The number of ether oxygens (including phenoxy) is 1. The summed E-state index contributed by atoms with van der Waals surface area (Å²) in [7, 11) is 0. The van der Waals surface area contributed by atoms with Crippen LogP contribution in [0.25, 0.3) is 0 Å². The molecule has 1 atom stereocenters. The molecule has 0 aromatic heterocycles. The van der Waals surface area contributed by atoms with Gasteiger partial charge in [-0.15, -0.1) is 6.58 Å². The maximum atomic E-state index is 10.9. The molecule has 0 radical (unpaired) electrons. The lowest BCUT2D eigenvalue weighted by atomic mass is 10.1. The molecule has 0 amide bonds. The van der Waals surface area contributed by atoms with Gasteiger partial charge in [-0.25, -0.2) is 0 Å². The zero-order chi connectivity index (χ0) is 11.3. The van der Waals surface area contributed by atoms with E-state index in [1.165, 1.54) is 6.92 Å². The van der Waals surface area contributed by atoms with Gasteiger partial charge in [-0.2, -0.15) is 0 Å². The highest BCUT2D eigenvalue weighted by Crippen LogP contribution is 2.28. The lowest BCUT2D eigenvalue weighted by molar-refractivity contribution is -0.146. The quantitative estimate of drug-likeness (QED) is 0.616. The zero-order valence-electron chi connectivity index (χ0n) is 8.57. The molecule has 0 fully saturated rings. The highest BCUT2D eigenvalue weighted by atomic mass is 79.9. The third-order valence-electron chi connectivity index (χ3n) is 1.94. The van der Waals surface area contributed by atoms with Gasteiger partial charge in [0.25, 0.3) is 0 Å². The molecule has 15 heavy (non-hydrogen) atoms. The van der Waals surface area contributed by atoms with E-state index >= 15 is 0 Å². The Morgan fingerprint density at radius 1 is 1.60 bits per heavy atom. The molecule has 1 rings (SSSR count). The molecular weight excluding hydrogens is 256 g/mol. The Kier molecular flexibility index (Phi) is 4.56. The Morgan fingerprint density at radius 3 is 2.80 bits per heavy atom. The first-order valence-electron chi connectivity index (χ1n) is 4.67. The van der Waals surface area contributed by atoms with E-state index in [2.05, 4.69) is 22.5 Å². The van der Waals surface area contributed by atoms with Crippen molar-refractivity contribution in [1.29, 1.82) is 0 Å². The summed E-state index contributed by atoms with van der Waals surface area (Å²) in [5.74, 6) is -0.280. The van der Waals surface area contributed by atoms with Crippen molar-refractivity contribution in [2.75, 3.05) is 0 Å². The van der Waals surface area contributed by atoms with Crippen molar-refractivity contribution in [3.63, 3.8) is 0 Å². The second-order valence-electron chi connectivity index (χ2n) is 3.14. The number of esters is 1. The van der Waals surface area contributed by atoms with E-state index in [0.717, 1.165) is 10.0 Å². The van der Waals surface area contributed by atoms with Crippen molar-refractivity contribution in [3.8, 4) is 0 Å². The predicted molar refractivity (Wildman–Crippen MR) is 63.5 cm³/mol. The smallest absolute Gasteiger partial charge is 0.303 e. The number of carbonyl (C=O) groups excluding carboxylic acids is 1. The zero-order valence-corrected chi connectivity index (χ0v) is 10.2. The van der Waals surface area contributed by atoms with Gasteiger partial charge >= 0.3 is 5.97 Å². The monoisotopic (exact) mass is 268 g/mol. The van der Waals surface area contributed by atoms with Gasteiger partial charge < -0.3 is 4.74 Å². The van der Waals surface area contributed by atoms with E-state index in [1.54, 1.807) is 6.08 Å². The molecule has 0 aliphatic carbocycles. The molecule has 0 heterocycles. The Morgan fingerprint density at radius 2 is 2.27 bits per heavy atom. The molecule has 1 aromatic carbocycles. The molecule has 1 aromatic rings. The van der Waals surface area contributed by atoms with Crippen LogP contribution in [0.2, 0.25) is 0 Å². The lowest BCUT2D eigenvalue weighted by Crippen LogP contribution is -2.08. The number of rotatable bonds is 4. The summed E-state index contributed by atoms with van der Waals surface area (Å²) in [6.45, 7) is 5.07. The Balaban J connectivity index is 2.92. The Hall–Kier alpha value is -1.09. The van der Waals surface area contributed by atoms with Crippen LogP contribution in [-0.4, -0.2) is 5.97 Å². The first kappa shape index (κ1) is 12.0. The molecule has 0 aliphatic rings. The van der Waals surface area contributed by atoms with Crippen LogP contribution in [0.3, 0.4) is 0 Å². The number of hydrogen-bond acceptors (Lipinski definition) is 2. The van der Waals surface area contributed by atoms with Crippen LogP contribution in [0.1, 0.15) is 25.0 Å². The maximum absolute atomic E-state index is 10.9. The summed E-state index contributed by atoms with van der Waals surface area (Å²) in [4.78, 5) is 10.9. The number of benzene rings is 1. The van der Waals surface area contributed by atoms with Crippen LogP contribution in [0.15, 0.2) is 41.4 Å². The van der Waals surface area contributed by atoms with Crippen LogP contribution in [0.4, 0.5) is 0 Å². The molecule has 80 valence electrons. The highest BCUT2D eigenvalue weighted by Gasteiger charge is 2.15. The van der Waals surface area contributed by atoms with Gasteiger partial charge in [-0.05, 0) is 6.07 Å². The fraction of sp³-hybridized carbons (Fsp3) is 0.250. The summed E-state index contributed by atoms with van der Waals surface area (Å²) in [6.07, 6.45) is 2.10. The number of halogens is 1. The predicted octanol–water partition coefficient (Wildman–Crippen LogP) is 3.63. The topological polar surface area (TPSA) is 26.3 Å². The summed E-state index contributed by atoms with van der Waals surface area (Å²) < 4.78 is 6.16. The maximum Gasteiger partial charge on any atom is 0.303 e. The van der Waals surface area contributed by atoms with E-state index in [9.17, 15) is 4.79 Å². The fourth-order valence-corrected chi connectivity index (χ4v) is 1.87. The van der Waals surface area contributed by atoms with Gasteiger partial charge in [0, 0.05) is 23.4 Å². The van der Waals surface area contributed by atoms with Crippen LogP contribution >= 0.6 is 15.9 Å². The first-order chi connectivity index (χ1) is 7.15. The van der Waals surface area contributed by atoms with Gasteiger partial charge in [0.05, 0.1) is 0 Å². The van der Waals surface area contributed by atoms with Crippen molar-refractivity contribution in [1.82, 2.24) is 0 Å². The van der Waals surface area contributed by atoms with Crippen molar-refractivity contribution in [2.24, 2.45) is 0 Å². The SMILES string of the molecule is C=CCC(OC(C)=O)c1ccccc1Br. The minimum Gasteiger partial charge on any atom is -0.457 e. The molecule has 0 N–H and O–H groups in total. The molecular formula is C12H13BrO2. The lowest BCUT2D eigenvalue weighted by Gasteiger charge is -2.16. The van der Waals surface area contributed by atoms with Gasteiger partial charge in [0.2, 0.25) is 0 Å². The van der Waals surface area contributed by atoms with Gasteiger partial charge in [0.15, 0.2) is 0 Å². The third kappa shape index (κ3) is 3.51. The summed E-state index contributed by atoms with van der Waals surface area (Å²) in [6, 6.07) is 7.70. The van der Waals surface area contributed by atoms with Crippen LogP contribution in [0.5, 0.6) is 0 Å². The summed E-state index contributed by atoms with van der Waals surface area (Å²) >= 11 is 3.43. The van der Waals surface area contributed by atoms with Crippen molar-refractivity contribution in [3.05, 3.63) is 47.0 Å². The molecule has 0 saturated heterocycles. The second kappa shape index (κ2) is 5.71. The van der Waals surface area contributed by atoms with Crippen molar-refractivity contribution < 1.29 is 9.53 Å². The molecule has 0 aliphatic heterocycles. The van der Waals surface area contributed by atoms with E-state index in [4.69, 9.17) is 4.74 Å². The third-order valence-corrected chi connectivity index (χ3v) is 2.66. The summed E-state index contributed by atoms with van der Waals surface area (Å²) in [5, 5.41) is 0. The van der Waals surface area contributed by atoms with Crippen LogP contribution in [-0.2, 0) is 9.53 Å². The fourth-order valence-electron chi connectivity index (χ4n) is 1.33. The van der Waals surface area contributed by atoms with Crippen molar-refractivity contribution >= 4 is 21.9 Å². The van der Waals surface area contributed by atoms with E-state index in [-0.39, 0.29) is 12.1 Å². The average molecular weight is 269 g/mol. The standard InChI is InChI=1S/C12H13BrO2/c1-3-6-12(15-9(2)14)10-7-4-5-8-11(10)13/h3-5,7-8,12H,1,6H2,2H3. The van der Waals surface area contributed by atoms with Crippen LogP contribution < -0.4 is 0 Å². The first-order valence-corrected chi connectivity index (χ1v) is 5.47. The molecule has 2 nitrogen and oxygen atoms in total. The van der Waals surface area contributed by atoms with E-state index in [1.807, 2.05) is 24.3 Å². The van der Waals surface area contributed by atoms with Gasteiger partial charge in [-0.3, -0.25) is 4.79 Å². The molecule has 0 bridgehead atoms. The second-order valence-corrected chi connectivity index (χ2v) is 4.00. The highest BCUT2D eigenvalue weighted by molar-refractivity contribution is 9.10. The largest absolute Gasteiger partial charge is 0.457 e.